The Kier molecular flexibility index (Phi) is 3.71. The molecule has 0 radical (unpaired) electrons. The molecule has 2 aromatic rings. The molecule has 0 aliphatic heterocycles. The van der Waals surface area contributed by atoms with Crippen LogP contribution < -0.4 is 5.32 Å². The molecule has 0 saturated heterocycles. The van der Waals surface area contributed by atoms with Crippen molar-refractivity contribution < 1.29 is 13.2 Å². The molecule has 0 amide bonds. The number of aromatic nitrogens is 1. The van der Waals surface area contributed by atoms with Gasteiger partial charge in [-0.25, -0.2) is 4.98 Å². The molecular weight excluding hydrogens is 275 g/mol. The van der Waals surface area contributed by atoms with Gasteiger partial charge in [-0.3, -0.25) is 0 Å². The van der Waals surface area contributed by atoms with E-state index in [1.807, 2.05) is 6.07 Å². The quantitative estimate of drug-likeness (QED) is 0.935. The largest absolute Gasteiger partial charge is 0.433 e. The summed E-state index contributed by atoms with van der Waals surface area (Å²) in [6.45, 7) is 0.444. The molecule has 0 atom stereocenters. The fourth-order valence-electron chi connectivity index (χ4n) is 1.39. The van der Waals surface area contributed by atoms with E-state index in [2.05, 4.69) is 10.3 Å². The molecule has 0 bridgehead atoms. The Labute approximate surface area is 111 Å². The minimum Gasteiger partial charge on any atom is -0.379 e. The van der Waals surface area contributed by atoms with Gasteiger partial charge >= 0.3 is 6.18 Å². The highest BCUT2D eigenvalue weighted by molar-refractivity contribution is 7.10. The maximum absolute atomic E-state index is 12.3. The first-order valence-corrected chi connectivity index (χ1v) is 6.11. The minimum atomic E-state index is -4.42. The normalized spacial score (nSPS) is 11.1. The van der Waals surface area contributed by atoms with Crippen LogP contribution in [-0.4, -0.2) is 4.98 Å². The van der Waals surface area contributed by atoms with E-state index in [1.165, 1.54) is 17.4 Å². The summed E-state index contributed by atoms with van der Waals surface area (Å²) in [5, 5.41) is 13.3. The Hall–Kier alpha value is -2.07. The summed E-state index contributed by atoms with van der Waals surface area (Å²) in [6.07, 6.45) is -3.28. The summed E-state index contributed by atoms with van der Waals surface area (Å²) >= 11 is 1.42. The summed E-state index contributed by atoms with van der Waals surface area (Å²) in [6, 6.07) is 6.00. The van der Waals surface area contributed by atoms with Crippen LogP contribution in [0.3, 0.4) is 0 Å². The number of nitrogens with one attached hydrogen (secondary N) is 1. The third kappa shape index (κ3) is 3.45. The van der Waals surface area contributed by atoms with Gasteiger partial charge in [-0.2, -0.15) is 18.4 Å². The molecule has 7 heteroatoms. The lowest BCUT2D eigenvalue weighted by Crippen LogP contribution is -2.08. The highest BCUT2D eigenvalue weighted by Crippen LogP contribution is 2.27. The van der Waals surface area contributed by atoms with Crippen molar-refractivity contribution in [3.63, 3.8) is 0 Å². The molecule has 0 aromatic carbocycles. The number of nitriles is 1. The van der Waals surface area contributed by atoms with Crippen LogP contribution in [0.15, 0.2) is 29.8 Å². The number of anilines is 1. The van der Waals surface area contributed by atoms with Gasteiger partial charge < -0.3 is 5.32 Å². The molecule has 2 heterocycles. The monoisotopic (exact) mass is 283 g/mol. The van der Waals surface area contributed by atoms with Gasteiger partial charge in [0.2, 0.25) is 0 Å². The predicted molar refractivity (Wildman–Crippen MR) is 65.6 cm³/mol. The van der Waals surface area contributed by atoms with Gasteiger partial charge in [-0.1, -0.05) is 0 Å². The molecule has 0 aliphatic carbocycles. The number of rotatable bonds is 3. The van der Waals surface area contributed by atoms with E-state index in [0.29, 0.717) is 17.8 Å². The van der Waals surface area contributed by atoms with Crippen LogP contribution in [0, 0.1) is 11.3 Å². The molecule has 1 N–H and O–H groups in total. The zero-order chi connectivity index (χ0) is 13.9. The summed E-state index contributed by atoms with van der Waals surface area (Å²) in [5.41, 5.74) is 0.160. The number of pyridine rings is 1. The number of thiophene rings is 1. The first-order chi connectivity index (χ1) is 8.99. The fourth-order valence-corrected chi connectivity index (χ4v) is 2.14. The molecule has 3 nitrogen and oxygen atoms in total. The third-order valence-electron chi connectivity index (χ3n) is 2.30. The molecule has 19 heavy (non-hydrogen) atoms. The molecule has 0 aliphatic rings. The van der Waals surface area contributed by atoms with E-state index < -0.39 is 11.9 Å². The van der Waals surface area contributed by atoms with Gasteiger partial charge in [0, 0.05) is 16.8 Å². The van der Waals surface area contributed by atoms with Crippen LogP contribution in [0.25, 0.3) is 0 Å². The molecule has 2 aromatic heterocycles. The van der Waals surface area contributed by atoms with Crippen molar-refractivity contribution in [2.75, 3.05) is 5.32 Å². The Morgan fingerprint density at radius 3 is 2.68 bits per heavy atom. The molecule has 2 rings (SSSR count). The predicted octanol–water partition coefficient (Wildman–Crippen LogP) is 3.65. The van der Waals surface area contributed by atoms with E-state index >= 15 is 0 Å². The average Bonchev–Trinajstić information content (AvgIpc) is 2.84. The standard InChI is InChI=1S/C12H8F3N3S/c13-12(14,15)11-2-1-9(5-18-11)17-6-10-3-8(4-16)7-19-10/h1-3,5,7,17H,6H2. The number of alkyl halides is 3. The Bertz CT molecular complexity index is 596. The Morgan fingerprint density at radius 2 is 2.16 bits per heavy atom. The van der Waals surface area contributed by atoms with Gasteiger partial charge in [-0.05, 0) is 18.2 Å². The van der Waals surface area contributed by atoms with Crippen molar-refractivity contribution in [1.29, 1.82) is 5.26 Å². The van der Waals surface area contributed by atoms with Crippen molar-refractivity contribution >= 4 is 17.0 Å². The van der Waals surface area contributed by atoms with Crippen LogP contribution in [0.4, 0.5) is 18.9 Å². The van der Waals surface area contributed by atoms with Gasteiger partial charge in [-0.15, -0.1) is 11.3 Å². The maximum atomic E-state index is 12.3. The molecule has 98 valence electrons. The van der Waals surface area contributed by atoms with E-state index in [9.17, 15) is 13.2 Å². The number of halogens is 3. The van der Waals surface area contributed by atoms with E-state index in [1.54, 1.807) is 11.4 Å². The van der Waals surface area contributed by atoms with Crippen LogP contribution in [0.1, 0.15) is 16.1 Å². The third-order valence-corrected chi connectivity index (χ3v) is 3.24. The minimum absolute atomic E-state index is 0.444. The molecular formula is C12H8F3N3S. The van der Waals surface area contributed by atoms with Crippen molar-refractivity contribution in [2.24, 2.45) is 0 Å². The summed E-state index contributed by atoms with van der Waals surface area (Å²) in [7, 11) is 0. The average molecular weight is 283 g/mol. The van der Waals surface area contributed by atoms with Crippen molar-refractivity contribution in [1.82, 2.24) is 4.98 Å². The summed E-state index contributed by atoms with van der Waals surface area (Å²) < 4.78 is 36.9. The van der Waals surface area contributed by atoms with E-state index in [4.69, 9.17) is 5.26 Å². The maximum Gasteiger partial charge on any atom is 0.433 e. The fraction of sp³-hybridized carbons (Fsp3) is 0.167. The van der Waals surface area contributed by atoms with Crippen LogP contribution >= 0.6 is 11.3 Å². The topological polar surface area (TPSA) is 48.7 Å². The second-order valence-electron chi connectivity index (χ2n) is 3.70. The first-order valence-electron chi connectivity index (χ1n) is 5.23. The molecule has 0 spiro atoms. The van der Waals surface area contributed by atoms with Gasteiger partial charge in [0.05, 0.1) is 17.4 Å². The smallest absolute Gasteiger partial charge is 0.379 e. The van der Waals surface area contributed by atoms with E-state index in [-0.39, 0.29) is 0 Å². The van der Waals surface area contributed by atoms with Gasteiger partial charge in [0.15, 0.2) is 0 Å². The van der Waals surface area contributed by atoms with Crippen LogP contribution in [0.5, 0.6) is 0 Å². The number of hydrogen-bond acceptors (Lipinski definition) is 4. The number of nitrogens with zero attached hydrogens (tertiary/aromatic N) is 2. The van der Waals surface area contributed by atoms with Crippen LogP contribution in [-0.2, 0) is 12.7 Å². The summed E-state index contributed by atoms with van der Waals surface area (Å²) in [5.74, 6) is 0. The van der Waals surface area contributed by atoms with Gasteiger partial charge in [0.1, 0.15) is 11.8 Å². The lowest BCUT2D eigenvalue weighted by molar-refractivity contribution is -0.141. The van der Waals surface area contributed by atoms with Gasteiger partial charge in [0.25, 0.3) is 0 Å². The molecule has 0 saturated carbocycles. The van der Waals surface area contributed by atoms with E-state index in [0.717, 1.165) is 17.1 Å². The SMILES string of the molecule is N#Cc1csc(CNc2ccc(C(F)(F)F)nc2)c1. The second-order valence-corrected chi connectivity index (χ2v) is 4.69. The first kappa shape index (κ1) is 13.4. The second kappa shape index (κ2) is 5.28. The lowest BCUT2D eigenvalue weighted by atomic mass is 10.3. The lowest BCUT2D eigenvalue weighted by Gasteiger charge is -2.07. The highest BCUT2D eigenvalue weighted by atomic mass is 32.1. The van der Waals surface area contributed by atoms with Crippen molar-refractivity contribution in [3.8, 4) is 6.07 Å². The zero-order valence-corrected chi connectivity index (χ0v) is 10.3. The highest BCUT2D eigenvalue weighted by Gasteiger charge is 2.31. The van der Waals surface area contributed by atoms with Crippen molar-refractivity contribution in [3.05, 3.63) is 45.9 Å². The molecule has 0 unspecified atom stereocenters. The number of hydrogen-bond donors (Lipinski definition) is 1. The zero-order valence-electron chi connectivity index (χ0n) is 9.53. The summed E-state index contributed by atoms with van der Waals surface area (Å²) in [4.78, 5) is 4.27. The Morgan fingerprint density at radius 1 is 1.37 bits per heavy atom. The Balaban J connectivity index is 1.99. The molecule has 0 fully saturated rings. The van der Waals surface area contributed by atoms with Crippen LogP contribution in [0.2, 0.25) is 0 Å². The van der Waals surface area contributed by atoms with Crippen molar-refractivity contribution in [2.45, 2.75) is 12.7 Å².